The van der Waals surface area contributed by atoms with Gasteiger partial charge in [-0.05, 0) is 0 Å². The molecule has 1 aromatic rings. The van der Waals surface area contributed by atoms with Crippen LogP contribution in [-0.2, 0) is 5.41 Å². The molecule has 0 aliphatic heterocycles. The molecule has 3 nitrogen and oxygen atoms in total. The standard InChI is InChI=1S/C23H43O3P/c1-6-7-8-9-10-11-12-13-14-15-18-27(24,25)26-22-17-16-20(2)19-21(22)23(3,4)5/h16-17,19,24-25,27H,6-15,18H2,1-5H3. The van der Waals surface area contributed by atoms with Crippen molar-refractivity contribution < 1.29 is 14.3 Å². The van der Waals surface area contributed by atoms with Gasteiger partial charge in [0.25, 0.3) is 0 Å². The predicted octanol–water partition coefficient (Wildman–Crippen LogP) is 7.07. The zero-order chi connectivity index (χ0) is 20.3. The first kappa shape index (κ1) is 24.4. The Bertz CT molecular complexity index is 535. The van der Waals surface area contributed by atoms with Gasteiger partial charge in [0.15, 0.2) is 0 Å². The Kier molecular flexibility index (Phi) is 10.9. The summed E-state index contributed by atoms with van der Waals surface area (Å²) in [7, 11) is -3.66. The fourth-order valence-electron chi connectivity index (χ4n) is 3.39. The summed E-state index contributed by atoms with van der Waals surface area (Å²) in [5, 5.41) is 0. The van der Waals surface area contributed by atoms with Gasteiger partial charge >= 0.3 is 168 Å². The van der Waals surface area contributed by atoms with Gasteiger partial charge in [0, 0.05) is 0 Å². The molecule has 0 radical (unpaired) electrons. The average Bonchev–Trinajstić information content (AvgIpc) is 2.57. The molecule has 0 heterocycles. The molecular weight excluding hydrogens is 355 g/mol. The molecule has 1 rings (SSSR count). The minimum absolute atomic E-state index is 0.0943. The van der Waals surface area contributed by atoms with Gasteiger partial charge < -0.3 is 0 Å². The van der Waals surface area contributed by atoms with E-state index in [4.69, 9.17) is 4.52 Å². The monoisotopic (exact) mass is 398 g/mol. The number of hydrogen-bond acceptors (Lipinski definition) is 3. The summed E-state index contributed by atoms with van der Waals surface area (Å²) < 4.78 is 5.75. The van der Waals surface area contributed by atoms with E-state index in [1.54, 1.807) is 0 Å². The fraction of sp³-hybridized carbons (Fsp3) is 0.739. The van der Waals surface area contributed by atoms with Crippen LogP contribution in [0.4, 0.5) is 0 Å². The molecule has 0 saturated heterocycles. The summed E-state index contributed by atoms with van der Waals surface area (Å²) in [6.07, 6.45) is 12.7. The zero-order valence-corrected chi connectivity index (χ0v) is 19.3. The Morgan fingerprint density at radius 2 is 1.37 bits per heavy atom. The summed E-state index contributed by atoms with van der Waals surface area (Å²) in [5.74, 6) is 0.622. The van der Waals surface area contributed by atoms with Crippen LogP contribution in [0.5, 0.6) is 5.75 Å². The van der Waals surface area contributed by atoms with Gasteiger partial charge in [-0.3, -0.25) is 0 Å². The molecule has 0 fully saturated rings. The quantitative estimate of drug-likeness (QED) is 0.276. The normalized spacial score (nSPS) is 13.0. The molecule has 0 atom stereocenters. The molecule has 4 heteroatoms. The summed E-state index contributed by atoms with van der Waals surface area (Å²) in [4.78, 5) is 20.8. The predicted molar refractivity (Wildman–Crippen MR) is 120 cm³/mol. The van der Waals surface area contributed by atoms with Crippen molar-refractivity contribution in [2.75, 3.05) is 6.16 Å². The molecule has 0 amide bonds. The van der Waals surface area contributed by atoms with Gasteiger partial charge in [0.2, 0.25) is 0 Å². The Labute approximate surface area is 168 Å². The molecule has 2 N–H and O–H groups in total. The van der Waals surface area contributed by atoms with Gasteiger partial charge in [-0.25, -0.2) is 0 Å². The second kappa shape index (κ2) is 12.0. The third-order valence-corrected chi connectivity index (χ3v) is 6.62. The molecule has 0 spiro atoms. The summed E-state index contributed by atoms with van der Waals surface area (Å²) in [5.41, 5.74) is 2.10. The third kappa shape index (κ3) is 10.5. The van der Waals surface area contributed by atoms with Crippen LogP contribution in [-0.4, -0.2) is 15.9 Å². The number of benzene rings is 1. The zero-order valence-electron chi connectivity index (χ0n) is 18.3. The molecular formula is C23H43O3P. The van der Waals surface area contributed by atoms with Crippen molar-refractivity contribution in [3.8, 4) is 5.75 Å². The van der Waals surface area contributed by atoms with Crippen LogP contribution in [0.1, 0.15) is 103 Å². The Hall–Kier alpha value is -0.630. The van der Waals surface area contributed by atoms with Crippen LogP contribution in [0, 0.1) is 6.92 Å². The SMILES string of the molecule is CCCCCCCCCCCC[PH](O)(O)Oc1ccc(C)cc1C(C)(C)C. The fourth-order valence-corrected chi connectivity index (χ4v) is 4.73. The molecule has 1 aromatic carbocycles. The number of unbranched alkanes of at least 4 members (excludes halogenated alkanes) is 9. The van der Waals surface area contributed by atoms with Gasteiger partial charge in [-0.2, -0.15) is 0 Å². The van der Waals surface area contributed by atoms with Crippen molar-refractivity contribution in [3.05, 3.63) is 29.3 Å². The van der Waals surface area contributed by atoms with Crippen molar-refractivity contribution in [3.63, 3.8) is 0 Å². The Morgan fingerprint density at radius 3 is 1.89 bits per heavy atom. The number of hydrogen-bond donors (Lipinski definition) is 2. The van der Waals surface area contributed by atoms with E-state index in [1.807, 2.05) is 19.1 Å². The maximum atomic E-state index is 10.4. The van der Waals surface area contributed by atoms with Gasteiger partial charge in [0.05, 0.1) is 0 Å². The Balaban J connectivity index is 2.34. The topological polar surface area (TPSA) is 49.7 Å². The van der Waals surface area contributed by atoms with Crippen LogP contribution in [0.15, 0.2) is 18.2 Å². The number of rotatable bonds is 13. The van der Waals surface area contributed by atoms with Crippen molar-refractivity contribution in [2.45, 2.75) is 104 Å². The van der Waals surface area contributed by atoms with Crippen LogP contribution in [0.2, 0.25) is 0 Å². The molecule has 27 heavy (non-hydrogen) atoms. The first-order chi connectivity index (χ1) is 12.7. The van der Waals surface area contributed by atoms with Gasteiger partial charge in [0.1, 0.15) is 0 Å². The van der Waals surface area contributed by atoms with Gasteiger partial charge in [-0.1, -0.05) is 0 Å². The first-order valence-electron chi connectivity index (χ1n) is 10.9. The third-order valence-electron chi connectivity index (χ3n) is 5.07. The molecule has 0 aromatic heterocycles. The number of aryl methyl sites for hydroxylation is 1. The summed E-state index contributed by atoms with van der Waals surface area (Å²) >= 11 is 0. The molecule has 0 aliphatic rings. The van der Waals surface area contributed by atoms with Gasteiger partial charge in [-0.15, -0.1) is 0 Å². The minimum atomic E-state index is -3.66. The molecule has 0 saturated carbocycles. The van der Waals surface area contributed by atoms with E-state index in [1.165, 1.54) is 51.4 Å². The molecule has 158 valence electrons. The molecule has 0 unspecified atom stereocenters. The van der Waals surface area contributed by atoms with Crippen molar-refractivity contribution in [2.24, 2.45) is 0 Å². The van der Waals surface area contributed by atoms with E-state index < -0.39 is 7.94 Å². The summed E-state index contributed by atoms with van der Waals surface area (Å²) in [6.45, 7) is 10.7. The summed E-state index contributed by atoms with van der Waals surface area (Å²) in [6, 6.07) is 5.93. The average molecular weight is 399 g/mol. The van der Waals surface area contributed by atoms with Crippen LogP contribution in [0.3, 0.4) is 0 Å². The van der Waals surface area contributed by atoms with E-state index in [2.05, 4.69) is 33.8 Å². The molecule has 0 bridgehead atoms. The Morgan fingerprint density at radius 1 is 0.852 bits per heavy atom. The van der Waals surface area contributed by atoms with Crippen molar-refractivity contribution >= 4 is 7.94 Å². The van der Waals surface area contributed by atoms with E-state index >= 15 is 0 Å². The van der Waals surface area contributed by atoms with Crippen molar-refractivity contribution in [1.29, 1.82) is 0 Å². The van der Waals surface area contributed by atoms with Crippen LogP contribution in [0.25, 0.3) is 0 Å². The maximum absolute atomic E-state index is 10.4. The van der Waals surface area contributed by atoms with Crippen LogP contribution < -0.4 is 4.52 Å². The second-order valence-corrected chi connectivity index (χ2v) is 11.2. The first-order valence-corrected chi connectivity index (χ1v) is 12.9. The van der Waals surface area contributed by atoms with E-state index in [9.17, 15) is 9.79 Å². The van der Waals surface area contributed by atoms with E-state index in [0.717, 1.165) is 24.0 Å². The van der Waals surface area contributed by atoms with Crippen molar-refractivity contribution in [1.82, 2.24) is 0 Å². The van der Waals surface area contributed by atoms with E-state index in [0.29, 0.717) is 11.9 Å². The van der Waals surface area contributed by atoms with Crippen LogP contribution >= 0.6 is 7.94 Å². The molecule has 0 aliphatic carbocycles. The second-order valence-electron chi connectivity index (χ2n) is 9.03. The van der Waals surface area contributed by atoms with E-state index in [-0.39, 0.29) is 5.41 Å².